The molecular weight excluding hydrogens is 214 g/mol. The lowest BCUT2D eigenvalue weighted by atomic mass is 9.95. The van der Waals surface area contributed by atoms with Gasteiger partial charge in [-0.2, -0.15) is 0 Å². The van der Waals surface area contributed by atoms with Crippen LogP contribution in [0.3, 0.4) is 0 Å². The van der Waals surface area contributed by atoms with Gasteiger partial charge in [-0.25, -0.2) is 0 Å². The van der Waals surface area contributed by atoms with Gasteiger partial charge in [0.15, 0.2) is 0 Å². The topological polar surface area (TPSA) is 58.4 Å². The quantitative estimate of drug-likeness (QED) is 0.749. The number of hydrogen-bond donors (Lipinski definition) is 2. The maximum absolute atomic E-state index is 12.0. The Morgan fingerprint density at radius 2 is 2.18 bits per heavy atom. The third-order valence-corrected chi connectivity index (χ3v) is 3.83. The highest BCUT2D eigenvalue weighted by Crippen LogP contribution is 2.14. The molecule has 1 fully saturated rings. The summed E-state index contributed by atoms with van der Waals surface area (Å²) in [6.45, 7) is 6.43. The molecule has 1 saturated heterocycles. The molecule has 1 amide bonds. The first-order chi connectivity index (χ1) is 8.06. The van der Waals surface area contributed by atoms with Gasteiger partial charge in [0, 0.05) is 19.1 Å². The Morgan fingerprint density at radius 1 is 1.47 bits per heavy atom. The zero-order valence-electron chi connectivity index (χ0n) is 11.4. The molecule has 0 saturated carbocycles. The molecule has 0 aromatic carbocycles. The van der Waals surface area contributed by atoms with Crippen LogP contribution in [-0.2, 0) is 4.79 Å². The first-order valence-electron chi connectivity index (χ1n) is 6.74. The van der Waals surface area contributed by atoms with Crippen molar-refractivity contribution in [3.05, 3.63) is 0 Å². The van der Waals surface area contributed by atoms with E-state index in [0.29, 0.717) is 18.5 Å². The summed E-state index contributed by atoms with van der Waals surface area (Å²) in [5.74, 6) is 0.370. The molecule has 1 aliphatic rings. The molecule has 0 aliphatic carbocycles. The van der Waals surface area contributed by atoms with Gasteiger partial charge in [0.05, 0.1) is 5.92 Å². The minimum Gasteiger partial charge on any atom is -0.354 e. The number of amides is 1. The van der Waals surface area contributed by atoms with Crippen LogP contribution in [0.1, 0.15) is 33.1 Å². The van der Waals surface area contributed by atoms with E-state index in [0.717, 1.165) is 13.1 Å². The molecule has 4 nitrogen and oxygen atoms in total. The monoisotopic (exact) mass is 241 g/mol. The highest BCUT2D eigenvalue weighted by atomic mass is 16.1. The van der Waals surface area contributed by atoms with Crippen LogP contribution < -0.4 is 11.1 Å². The summed E-state index contributed by atoms with van der Waals surface area (Å²) in [5.41, 5.74) is 5.64. The molecule has 2 atom stereocenters. The van der Waals surface area contributed by atoms with E-state index in [1.165, 1.54) is 19.3 Å². The van der Waals surface area contributed by atoms with E-state index in [2.05, 4.69) is 17.3 Å². The fraction of sp³-hybridized carbons (Fsp3) is 0.923. The van der Waals surface area contributed by atoms with E-state index in [1.54, 1.807) is 0 Å². The van der Waals surface area contributed by atoms with E-state index >= 15 is 0 Å². The average molecular weight is 241 g/mol. The Kier molecular flexibility index (Phi) is 5.92. The van der Waals surface area contributed by atoms with Crippen LogP contribution in [-0.4, -0.2) is 43.5 Å². The maximum atomic E-state index is 12.0. The van der Waals surface area contributed by atoms with Crippen LogP contribution in [0.2, 0.25) is 0 Å². The van der Waals surface area contributed by atoms with Crippen molar-refractivity contribution in [1.82, 2.24) is 10.2 Å². The van der Waals surface area contributed by atoms with Crippen molar-refractivity contribution in [2.75, 3.05) is 26.7 Å². The maximum Gasteiger partial charge on any atom is 0.224 e. The molecule has 1 aliphatic heterocycles. The smallest absolute Gasteiger partial charge is 0.224 e. The molecular formula is C13H27N3O. The number of hydrogen-bond acceptors (Lipinski definition) is 3. The molecule has 100 valence electrons. The molecule has 3 N–H and O–H groups in total. The summed E-state index contributed by atoms with van der Waals surface area (Å²) >= 11 is 0. The van der Waals surface area contributed by atoms with Crippen LogP contribution in [0.5, 0.6) is 0 Å². The minimum absolute atomic E-state index is 0.0519. The van der Waals surface area contributed by atoms with E-state index in [-0.39, 0.29) is 11.8 Å². The zero-order chi connectivity index (χ0) is 12.8. The number of likely N-dealkylation sites (tertiary alicyclic amines) is 1. The highest BCUT2D eigenvalue weighted by Gasteiger charge is 2.23. The Bertz CT molecular complexity index is 243. The summed E-state index contributed by atoms with van der Waals surface area (Å²) in [7, 11) is 2.14. The summed E-state index contributed by atoms with van der Waals surface area (Å²) in [4.78, 5) is 14.3. The molecule has 0 spiro atoms. The summed E-state index contributed by atoms with van der Waals surface area (Å²) in [6, 6.07) is 0.498. The lowest BCUT2D eigenvalue weighted by molar-refractivity contribution is -0.126. The zero-order valence-corrected chi connectivity index (χ0v) is 11.4. The van der Waals surface area contributed by atoms with Gasteiger partial charge < -0.3 is 16.0 Å². The number of carbonyl (C=O) groups excluding carboxylic acids is 1. The SMILES string of the molecule is CC(C)C(CN)C(=O)NCC1CCCCN1C. The third kappa shape index (κ3) is 4.28. The first-order valence-corrected chi connectivity index (χ1v) is 6.74. The van der Waals surface area contributed by atoms with E-state index in [1.807, 2.05) is 13.8 Å². The molecule has 0 aromatic rings. The molecule has 0 aromatic heterocycles. The third-order valence-electron chi connectivity index (χ3n) is 3.83. The molecule has 0 bridgehead atoms. The van der Waals surface area contributed by atoms with Crippen LogP contribution in [0.4, 0.5) is 0 Å². The van der Waals surface area contributed by atoms with Crippen molar-refractivity contribution >= 4 is 5.91 Å². The van der Waals surface area contributed by atoms with E-state index in [9.17, 15) is 4.79 Å². The molecule has 4 heteroatoms. The van der Waals surface area contributed by atoms with Crippen molar-refractivity contribution < 1.29 is 4.79 Å². The molecule has 1 rings (SSSR count). The largest absolute Gasteiger partial charge is 0.354 e. The van der Waals surface area contributed by atoms with Crippen LogP contribution in [0.25, 0.3) is 0 Å². The number of carbonyl (C=O) groups is 1. The standard InChI is InChI=1S/C13H27N3O/c1-10(2)12(8-14)13(17)15-9-11-6-4-5-7-16(11)3/h10-12H,4-9,14H2,1-3H3,(H,15,17). The van der Waals surface area contributed by atoms with Gasteiger partial charge in [-0.15, -0.1) is 0 Å². The second-order valence-electron chi connectivity index (χ2n) is 5.46. The summed E-state index contributed by atoms with van der Waals surface area (Å²) in [6.07, 6.45) is 3.74. The van der Waals surface area contributed by atoms with Crippen LogP contribution in [0, 0.1) is 11.8 Å². The van der Waals surface area contributed by atoms with Crippen LogP contribution in [0.15, 0.2) is 0 Å². The number of nitrogens with zero attached hydrogens (tertiary/aromatic N) is 1. The lowest BCUT2D eigenvalue weighted by Crippen LogP contribution is -2.47. The fourth-order valence-corrected chi connectivity index (χ4v) is 2.43. The van der Waals surface area contributed by atoms with Gasteiger partial charge >= 0.3 is 0 Å². The number of rotatable bonds is 5. The summed E-state index contributed by atoms with van der Waals surface area (Å²) in [5, 5.41) is 3.05. The van der Waals surface area contributed by atoms with Gasteiger partial charge in [0.2, 0.25) is 5.91 Å². The Morgan fingerprint density at radius 3 is 2.71 bits per heavy atom. The van der Waals surface area contributed by atoms with E-state index < -0.39 is 0 Å². The Hall–Kier alpha value is -0.610. The Balaban J connectivity index is 2.36. The lowest BCUT2D eigenvalue weighted by Gasteiger charge is -2.33. The van der Waals surface area contributed by atoms with Gasteiger partial charge in [-0.3, -0.25) is 4.79 Å². The normalized spacial score (nSPS) is 23.7. The minimum atomic E-state index is -0.0519. The molecule has 1 heterocycles. The predicted octanol–water partition coefficient (Wildman–Crippen LogP) is 0.818. The van der Waals surface area contributed by atoms with Crippen molar-refractivity contribution in [1.29, 1.82) is 0 Å². The summed E-state index contributed by atoms with van der Waals surface area (Å²) < 4.78 is 0. The van der Waals surface area contributed by atoms with Gasteiger partial charge in [-0.1, -0.05) is 20.3 Å². The molecule has 0 radical (unpaired) electrons. The van der Waals surface area contributed by atoms with Crippen molar-refractivity contribution in [2.45, 2.75) is 39.2 Å². The number of piperidine rings is 1. The highest BCUT2D eigenvalue weighted by molar-refractivity contribution is 5.79. The number of nitrogens with one attached hydrogen (secondary N) is 1. The number of likely N-dealkylation sites (N-methyl/N-ethyl adjacent to an activating group) is 1. The predicted molar refractivity (Wildman–Crippen MR) is 70.7 cm³/mol. The fourth-order valence-electron chi connectivity index (χ4n) is 2.43. The van der Waals surface area contributed by atoms with Gasteiger partial charge in [0.1, 0.15) is 0 Å². The second kappa shape index (κ2) is 6.97. The van der Waals surface area contributed by atoms with Crippen molar-refractivity contribution in [3.8, 4) is 0 Å². The van der Waals surface area contributed by atoms with E-state index in [4.69, 9.17) is 5.73 Å². The molecule has 17 heavy (non-hydrogen) atoms. The van der Waals surface area contributed by atoms with Crippen molar-refractivity contribution in [3.63, 3.8) is 0 Å². The first kappa shape index (κ1) is 14.5. The average Bonchev–Trinajstić information content (AvgIpc) is 2.28. The molecule has 2 unspecified atom stereocenters. The van der Waals surface area contributed by atoms with Crippen LogP contribution >= 0.6 is 0 Å². The Labute approximate surface area is 105 Å². The van der Waals surface area contributed by atoms with Gasteiger partial charge in [0.25, 0.3) is 0 Å². The van der Waals surface area contributed by atoms with Gasteiger partial charge in [-0.05, 0) is 32.4 Å². The number of nitrogens with two attached hydrogens (primary N) is 1. The second-order valence-corrected chi connectivity index (χ2v) is 5.46. The van der Waals surface area contributed by atoms with Crippen molar-refractivity contribution in [2.24, 2.45) is 17.6 Å².